The van der Waals surface area contributed by atoms with Crippen molar-refractivity contribution < 1.29 is 18.3 Å². The van der Waals surface area contributed by atoms with E-state index in [4.69, 9.17) is 0 Å². The van der Waals surface area contributed by atoms with Crippen LogP contribution in [0.25, 0.3) is 28.2 Å². The number of piperidine rings is 1. The standard InChI is InChI=1S/C22H22F3N7O/c23-16-8-26-5-4-17(16)29-20-3-1-2-18(30-20)19-9-27-21-6-13(12-33)15(11-31(19)21)14-7-28-32(10-14)22(24)25/h1-3,6-7,9-11,16-17,22,26,33H,4-5,8,12H2,(H,29,30)/t16-,17-/m0/s1. The summed E-state index contributed by atoms with van der Waals surface area (Å²) in [6.07, 6.45) is 5.59. The van der Waals surface area contributed by atoms with Gasteiger partial charge in [0, 0.05) is 30.1 Å². The highest BCUT2D eigenvalue weighted by Gasteiger charge is 2.24. The number of aliphatic hydroxyl groups excluding tert-OH is 1. The second-order valence-electron chi connectivity index (χ2n) is 7.90. The van der Waals surface area contributed by atoms with E-state index in [9.17, 15) is 18.3 Å². The number of rotatable bonds is 6. The topological polar surface area (TPSA) is 92.3 Å². The number of pyridine rings is 2. The van der Waals surface area contributed by atoms with Crippen molar-refractivity contribution in [2.75, 3.05) is 18.4 Å². The van der Waals surface area contributed by atoms with Crippen molar-refractivity contribution in [3.8, 4) is 22.5 Å². The normalized spacial score (nSPS) is 18.8. The van der Waals surface area contributed by atoms with Gasteiger partial charge >= 0.3 is 6.55 Å². The number of hydrogen-bond donors (Lipinski definition) is 3. The predicted octanol–water partition coefficient (Wildman–Crippen LogP) is 3.26. The van der Waals surface area contributed by atoms with E-state index >= 15 is 0 Å². The molecule has 4 aromatic rings. The first-order valence-corrected chi connectivity index (χ1v) is 10.6. The molecule has 1 aliphatic heterocycles. The third kappa shape index (κ3) is 4.16. The molecule has 0 aliphatic carbocycles. The summed E-state index contributed by atoms with van der Waals surface area (Å²) in [4.78, 5) is 9.05. The molecule has 0 radical (unpaired) electrons. The number of nitrogens with one attached hydrogen (secondary N) is 2. The smallest absolute Gasteiger partial charge is 0.333 e. The lowest BCUT2D eigenvalue weighted by molar-refractivity contribution is 0.0566. The van der Waals surface area contributed by atoms with Gasteiger partial charge in [-0.1, -0.05) is 6.07 Å². The molecule has 1 fully saturated rings. The molecule has 0 spiro atoms. The van der Waals surface area contributed by atoms with E-state index < -0.39 is 12.7 Å². The number of alkyl halides is 3. The van der Waals surface area contributed by atoms with Crippen LogP contribution < -0.4 is 10.6 Å². The first-order chi connectivity index (χ1) is 16.0. The average Bonchev–Trinajstić information content (AvgIpc) is 3.47. The zero-order valence-electron chi connectivity index (χ0n) is 17.5. The summed E-state index contributed by atoms with van der Waals surface area (Å²) in [5.74, 6) is 0.558. The van der Waals surface area contributed by atoms with E-state index in [2.05, 4.69) is 25.7 Å². The minimum atomic E-state index is -2.76. The second kappa shape index (κ2) is 8.83. The first-order valence-electron chi connectivity index (χ1n) is 10.6. The molecule has 1 saturated heterocycles. The van der Waals surface area contributed by atoms with Gasteiger partial charge in [0.05, 0.1) is 36.4 Å². The fourth-order valence-corrected chi connectivity index (χ4v) is 4.06. The molecule has 8 nitrogen and oxygen atoms in total. The number of fused-ring (bicyclic) bond motifs is 1. The van der Waals surface area contributed by atoms with Gasteiger partial charge in [0.25, 0.3) is 0 Å². The Morgan fingerprint density at radius 2 is 2.12 bits per heavy atom. The molecule has 33 heavy (non-hydrogen) atoms. The van der Waals surface area contributed by atoms with Crippen LogP contribution in [-0.4, -0.2) is 54.6 Å². The average molecular weight is 457 g/mol. The van der Waals surface area contributed by atoms with E-state index in [-0.39, 0.29) is 12.6 Å². The number of halogens is 3. The van der Waals surface area contributed by atoms with Gasteiger partial charge in [0.1, 0.15) is 17.6 Å². The van der Waals surface area contributed by atoms with Crippen LogP contribution in [0.1, 0.15) is 18.5 Å². The van der Waals surface area contributed by atoms with Crippen molar-refractivity contribution in [2.24, 2.45) is 0 Å². The second-order valence-corrected chi connectivity index (χ2v) is 7.90. The van der Waals surface area contributed by atoms with Crippen LogP contribution in [-0.2, 0) is 6.61 Å². The lowest BCUT2D eigenvalue weighted by Gasteiger charge is -2.27. The Morgan fingerprint density at radius 3 is 2.88 bits per heavy atom. The molecule has 2 atom stereocenters. The van der Waals surface area contributed by atoms with Crippen molar-refractivity contribution in [3.63, 3.8) is 0 Å². The molecule has 5 heterocycles. The minimum absolute atomic E-state index is 0.286. The molecule has 4 aromatic heterocycles. The van der Waals surface area contributed by atoms with Crippen molar-refractivity contribution in [2.45, 2.75) is 31.8 Å². The molecule has 1 aliphatic rings. The molecule has 5 rings (SSSR count). The summed E-state index contributed by atoms with van der Waals surface area (Å²) in [6, 6.07) is 6.81. The molecule has 11 heteroatoms. The Morgan fingerprint density at radius 1 is 1.24 bits per heavy atom. The van der Waals surface area contributed by atoms with Crippen LogP contribution in [0.3, 0.4) is 0 Å². The van der Waals surface area contributed by atoms with Gasteiger partial charge in [0.15, 0.2) is 0 Å². The third-order valence-electron chi connectivity index (χ3n) is 5.77. The maximum atomic E-state index is 14.2. The summed E-state index contributed by atoms with van der Waals surface area (Å²) in [5.41, 5.74) is 3.40. The third-order valence-corrected chi connectivity index (χ3v) is 5.77. The molecule has 0 amide bonds. The number of aliphatic hydroxyl groups is 1. The van der Waals surface area contributed by atoms with Crippen LogP contribution in [0, 0.1) is 0 Å². The lowest BCUT2D eigenvalue weighted by Crippen LogP contribution is -2.45. The fourth-order valence-electron chi connectivity index (χ4n) is 4.06. The van der Waals surface area contributed by atoms with Crippen LogP contribution >= 0.6 is 0 Å². The molecule has 0 aromatic carbocycles. The summed E-state index contributed by atoms with van der Waals surface area (Å²) >= 11 is 0. The fraction of sp³-hybridized carbons (Fsp3) is 0.318. The van der Waals surface area contributed by atoms with E-state index in [0.717, 1.165) is 6.54 Å². The van der Waals surface area contributed by atoms with Crippen LogP contribution in [0.4, 0.5) is 19.0 Å². The van der Waals surface area contributed by atoms with Crippen molar-refractivity contribution in [1.29, 1.82) is 0 Å². The predicted molar refractivity (Wildman–Crippen MR) is 117 cm³/mol. The van der Waals surface area contributed by atoms with Gasteiger partial charge in [-0.15, -0.1) is 0 Å². The Labute approximate surface area is 187 Å². The molecule has 0 unspecified atom stereocenters. The maximum Gasteiger partial charge on any atom is 0.333 e. The van der Waals surface area contributed by atoms with Crippen molar-refractivity contribution in [1.82, 2.24) is 29.5 Å². The SMILES string of the molecule is OCc1cc2ncc(-c3cccc(N[C@H]4CCNC[C@@H]4F)n3)n2cc1-c1cnn(C(F)F)c1. The van der Waals surface area contributed by atoms with Gasteiger partial charge in [-0.25, -0.2) is 19.0 Å². The van der Waals surface area contributed by atoms with Crippen molar-refractivity contribution in [3.05, 3.63) is 54.6 Å². The van der Waals surface area contributed by atoms with Gasteiger partial charge in [0.2, 0.25) is 0 Å². The summed E-state index contributed by atoms with van der Waals surface area (Å²) in [7, 11) is 0. The zero-order chi connectivity index (χ0) is 22.9. The Hall–Kier alpha value is -3.44. The highest BCUT2D eigenvalue weighted by atomic mass is 19.3. The molecular weight excluding hydrogens is 435 g/mol. The first kappa shape index (κ1) is 21.4. The van der Waals surface area contributed by atoms with Gasteiger partial charge in [-0.3, -0.25) is 4.40 Å². The van der Waals surface area contributed by atoms with E-state index in [1.165, 1.54) is 12.4 Å². The number of anilines is 1. The quantitative estimate of drug-likeness (QED) is 0.412. The molecular formula is C22H22F3N7O. The highest BCUT2D eigenvalue weighted by molar-refractivity contribution is 5.71. The highest BCUT2D eigenvalue weighted by Crippen LogP contribution is 2.29. The van der Waals surface area contributed by atoms with E-state index in [1.54, 1.807) is 28.9 Å². The van der Waals surface area contributed by atoms with Gasteiger partial charge < -0.3 is 15.7 Å². The number of imidazole rings is 1. The lowest BCUT2D eigenvalue weighted by atomic mass is 10.1. The van der Waals surface area contributed by atoms with Gasteiger partial charge in [-0.2, -0.15) is 13.9 Å². The van der Waals surface area contributed by atoms with Gasteiger partial charge in [-0.05, 0) is 36.7 Å². The Balaban J connectivity index is 1.52. The summed E-state index contributed by atoms with van der Waals surface area (Å²) < 4.78 is 42.5. The van der Waals surface area contributed by atoms with E-state index in [1.807, 2.05) is 12.1 Å². The van der Waals surface area contributed by atoms with E-state index in [0.29, 0.717) is 57.2 Å². The zero-order valence-corrected chi connectivity index (χ0v) is 17.5. The Kier molecular flexibility index (Phi) is 5.73. The molecule has 172 valence electrons. The number of nitrogens with zero attached hydrogens (tertiary/aromatic N) is 5. The number of hydrogen-bond acceptors (Lipinski definition) is 6. The largest absolute Gasteiger partial charge is 0.392 e. The summed E-state index contributed by atoms with van der Waals surface area (Å²) in [6.45, 7) is -2.00. The van der Waals surface area contributed by atoms with Crippen LogP contribution in [0.15, 0.2) is 49.1 Å². The monoisotopic (exact) mass is 457 g/mol. The molecule has 0 bridgehead atoms. The maximum absolute atomic E-state index is 14.2. The molecule has 3 N–H and O–H groups in total. The summed E-state index contributed by atoms with van der Waals surface area (Å²) in [5, 5.41) is 19.7. The van der Waals surface area contributed by atoms with Crippen LogP contribution in [0.2, 0.25) is 0 Å². The van der Waals surface area contributed by atoms with Crippen LogP contribution in [0.5, 0.6) is 0 Å². The van der Waals surface area contributed by atoms with Crippen molar-refractivity contribution >= 4 is 11.5 Å². The number of aromatic nitrogens is 5. The minimum Gasteiger partial charge on any atom is -0.392 e. The molecule has 0 saturated carbocycles. The Bertz CT molecular complexity index is 1270.